The number of hydrogen-bond acceptors (Lipinski definition) is 5. The highest BCUT2D eigenvalue weighted by Crippen LogP contribution is 2.22. The van der Waals surface area contributed by atoms with Crippen molar-refractivity contribution in [2.75, 3.05) is 32.5 Å². The van der Waals surface area contributed by atoms with Gasteiger partial charge in [0.15, 0.2) is 0 Å². The van der Waals surface area contributed by atoms with E-state index in [0.717, 1.165) is 11.3 Å². The van der Waals surface area contributed by atoms with Crippen LogP contribution in [0.3, 0.4) is 0 Å². The van der Waals surface area contributed by atoms with Crippen molar-refractivity contribution < 1.29 is 14.3 Å². The molecule has 1 amide bonds. The van der Waals surface area contributed by atoms with Gasteiger partial charge < -0.3 is 15.0 Å². The SMILES string of the molecule is COC(=O)[C@@H]1CN(C(=O)CN[C@H](C)c2ccccc2Cl)CCS1. The number of halogens is 1. The summed E-state index contributed by atoms with van der Waals surface area (Å²) in [6.45, 7) is 3.24. The number of methoxy groups -OCH3 is 1. The van der Waals surface area contributed by atoms with Crippen LogP contribution in [-0.4, -0.2) is 54.5 Å². The van der Waals surface area contributed by atoms with Crippen LogP contribution >= 0.6 is 23.4 Å². The Bertz CT molecular complexity index is 570. The quantitative estimate of drug-likeness (QED) is 0.819. The lowest BCUT2D eigenvalue weighted by atomic mass is 10.1. The smallest absolute Gasteiger partial charge is 0.320 e. The maximum absolute atomic E-state index is 12.3. The molecule has 1 aliphatic heterocycles. The molecular formula is C16H21ClN2O3S. The van der Waals surface area contributed by atoms with Gasteiger partial charge in [-0.2, -0.15) is 0 Å². The third kappa shape index (κ3) is 4.86. The number of esters is 1. The zero-order valence-electron chi connectivity index (χ0n) is 13.3. The number of carbonyl (C=O) groups is 2. The molecule has 1 heterocycles. The maximum atomic E-state index is 12.3. The average Bonchev–Trinajstić information content (AvgIpc) is 2.59. The Morgan fingerprint density at radius 2 is 2.22 bits per heavy atom. The third-order valence-electron chi connectivity index (χ3n) is 3.81. The van der Waals surface area contributed by atoms with Crippen LogP contribution in [0.15, 0.2) is 24.3 Å². The van der Waals surface area contributed by atoms with Gasteiger partial charge in [-0.05, 0) is 18.6 Å². The van der Waals surface area contributed by atoms with E-state index in [9.17, 15) is 9.59 Å². The van der Waals surface area contributed by atoms with Gasteiger partial charge in [0.05, 0.1) is 13.7 Å². The predicted octanol–water partition coefficient (Wildman–Crippen LogP) is 2.11. The van der Waals surface area contributed by atoms with Gasteiger partial charge in [0.1, 0.15) is 5.25 Å². The topological polar surface area (TPSA) is 58.6 Å². The molecule has 2 rings (SSSR count). The first-order valence-electron chi connectivity index (χ1n) is 7.48. The minimum Gasteiger partial charge on any atom is -0.468 e. The molecule has 0 bridgehead atoms. The van der Waals surface area contributed by atoms with Crippen molar-refractivity contribution >= 4 is 35.2 Å². The summed E-state index contributed by atoms with van der Waals surface area (Å²) < 4.78 is 4.76. The fourth-order valence-electron chi connectivity index (χ4n) is 2.44. The van der Waals surface area contributed by atoms with Crippen molar-refractivity contribution in [3.05, 3.63) is 34.9 Å². The van der Waals surface area contributed by atoms with Crippen LogP contribution in [-0.2, 0) is 14.3 Å². The first-order valence-corrected chi connectivity index (χ1v) is 8.90. The predicted molar refractivity (Wildman–Crippen MR) is 92.7 cm³/mol. The highest BCUT2D eigenvalue weighted by molar-refractivity contribution is 8.00. The van der Waals surface area contributed by atoms with E-state index >= 15 is 0 Å². The van der Waals surface area contributed by atoms with Crippen molar-refractivity contribution in [2.24, 2.45) is 0 Å². The number of nitrogens with zero attached hydrogens (tertiary/aromatic N) is 1. The molecule has 1 aromatic rings. The zero-order valence-corrected chi connectivity index (χ0v) is 14.8. The van der Waals surface area contributed by atoms with Crippen LogP contribution in [0.2, 0.25) is 5.02 Å². The fourth-order valence-corrected chi connectivity index (χ4v) is 3.87. The number of hydrogen-bond donors (Lipinski definition) is 1. The Hall–Kier alpha value is -1.24. The first-order chi connectivity index (χ1) is 11.0. The summed E-state index contributed by atoms with van der Waals surface area (Å²) in [5.74, 6) is 0.453. The van der Waals surface area contributed by atoms with E-state index in [1.165, 1.54) is 18.9 Å². The van der Waals surface area contributed by atoms with Crippen LogP contribution in [0.5, 0.6) is 0 Å². The Balaban J connectivity index is 1.87. The number of amides is 1. The number of benzene rings is 1. The van der Waals surface area contributed by atoms with Gasteiger partial charge in [0.2, 0.25) is 5.91 Å². The second-order valence-corrected chi connectivity index (χ2v) is 7.06. The van der Waals surface area contributed by atoms with Crippen molar-refractivity contribution in [2.45, 2.75) is 18.2 Å². The lowest BCUT2D eigenvalue weighted by molar-refractivity contribution is -0.141. The molecule has 0 aromatic heterocycles. The first kappa shape index (κ1) is 18.1. The number of rotatable bonds is 5. The molecule has 5 nitrogen and oxygen atoms in total. The number of ether oxygens (including phenoxy) is 1. The van der Waals surface area contributed by atoms with Gasteiger partial charge in [-0.1, -0.05) is 29.8 Å². The van der Waals surface area contributed by atoms with E-state index in [1.54, 1.807) is 4.90 Å². The second kappa shape index (κ2) is 8.57. The lowest BCUT2D eigenvalue weighted by Crippen LogP contribution is -2.48. The van der Waals surface area contributed by atoms with Crippen molar-refractivity contribution in [1.29, 1.82) is 0 Å². The van der Waals surface area contributed by atoms with E-state index in [-0.39, 0.29) is 29.7 Å². The van der Waals surface area contributed by atoms with Crippen LogP contribution in [0, 0.1) is 0 Å². The highest BCUT2D eigenvalue weighted by atomic mass is 35.5. The molecule has 1 N–H and O–H groups in total. The molecule has 1 fully saturated rings. The van der Waals surface area contributed by atoms with Crippen LogP contribution in [0.4, 0.5) is 0 Å². The van der Waals surface area contributed by atoms with Gasteiger partial charge in [-0.3, -0.25) is 9.59 Å². The maximum Gasteiger partial charge on any atom is 0.320 e. The molecule has 7 heteroatoms. The number of carbonyl (C=O) groups excluding carboxylic acids is 2. The molecule has 126 valence electrons. The fraction of sp³-hybridized carbons (Fsp3) is 0.500. The minimum absolute atomic E-state index is 0.0156. The molecule has 0 saturated carbocycles. The van der Waals surface area contributed by atoms with E-state index < -0.39 is 0 Å². The molecular weight excluding hydrogens is 336 g/mol. The van der Waals surface area contributed by atoms with Gasteiger partial charge in [-0.15, -0.1) is 11.8 Å². The third-order valence-corrected chi connectivity index (χ3v) is 5.32. The van der Waals surface area contributed by atoms with Crippen LogP contribution in [0.25, 0.3) is 0 Å². The Kier molecular flexibility index (Phi) is 6.74. The van der Waals surface area contributed by atoms with E-state index in [1.807, 2.05) is 31.2 Å². The summed E-state index contributed by atoms with van der Waals surface area (Å²) in [6, 6.07) is 7.55. The summed E-state index contributed by atoms with van der Waals surface area (Å²) in [5.41, 5.74) is 0.962. The van der Waals surface area contributed by atoms with Crippen molar-refractivity contribution in [3.63, 3.8) is 0 Å². The molecule has 23 heavy (non-hydrogen) atoms. The molecule has 1 aliphatic rings. The summed E-state index contributed by atoms with van der Waals surface area (Å²) in [5, 5.41) is 3.58. The summed E-state index contributed by atoms with van der Waals surface area (Å²) in [7, 11) is 1.37. The number of nitrogens with one attached hydrogen (secondary N) is 1. The standard InChI is InChI=1S/C16H21ClN2O3S/c1-11(12-5-3-4-6-13(12)17)18-9-15(20)19-7-8-23-14(10-19)16(21)22-2/h3-6,11,14,18H,7-10H2,1-2H3/t11-,14+/m1/s1. The van der Waals surface area contributed by atoms with Gasteiger partial charge in [0, 0.05) is 29.9 Å². The molecule has 0 spiro atoms. The van der Waals surface area contributed by atoms with Gasteiger partial charge in [0.25, 0.3) is 0 Å². The van der Waals surface area contributed by atoms with E-state index in [2.05, 4.69) is 5.32 Å². The number of thioether (sulfide) groups is 1. The Morgan fingerprint density at radius 1 is 1.48 bits per heavy atom. The van der Waals surface area contributed by atoms with E-state index in [0.29, 0.717) is 18.1 Å². The molecule has 0 unspecified atom stereocenters. The molecule has 2 atom stereocenters. The summed E-state index contributed by atoms with van der Waals surface area (Å²) in [6.07, 6.45) is 0. The molecule has 0 radical (unpaired) electrons. The monoisotopic (exact) mass is 356 g/mol. The second-order valence-electron chi connectivity index (χ2n) is 5.35. The van der Waals surface area contributed by atoms with Crippen molar-refractivity contribution in [1.82, 2.24) is 10.2 Å². The minimum atomic E-state index is -0.293. The molecule has 0 aliphatic carbocycles. The van der Waals surface area contributed by atoms with Crippen LogP contribution in [0.1, 0.15) is 18.5 Å². The molecule has 1 saturated heterocycles. The lowest BCUT2D eigenvalue weighted by Gasteiger charge is -2.31. The van der Waals surface area contributed by atoms with Crippen LogP contribution < -0.4 is 5.32 Å². The summed E-state index contributed by atoms with van der Waals surface area (Å²) in [4.78, 5) is 25.7. The Morgan fingerprint density at radius 3 is 2.91 bits per heavy atom. The van der Waals surface area contributed by atoms with Gasteiger partial charge >= 0.3 is 5.97 Å². The largest absolute Gasteiger partial charge is 0.468 e. The molecule has 1 aromatic carbocycles. The normalized spacial score (nSPS) is 19.3. The summed E-state index contributed by atoms with van der Waals surface area (Å²) >= 11 is 7.70. The highest BCUT2D eigenvalue weighted by Gasteiger charge is 2.29. The van der Waals surface area contributed by atoms with Gasteiger partial charge in [-0.25, -0.2) is 0 Å². The zero-order chi connectivity index (χ0) is 16.8. The Labute approximate surface area is 145 Å². The van der Waals surface area contributed by atoms with Crippen molar-refractivity contribution in [3.8, 4) is 0 Å². The van der Waals surface area contributed by atoms with E-state index in [4.69, 9.17) is 16.3 Å². The average molecular weight is 357 g/mol.